The van der Waals surface area contributed by atoms with Crippen LogP contribution in [0.4, 0.5) is 5.69 Å². The van der Waals surface area contributed by atoms with E-state index in [4.69, 9.17) is 13.9 Å². The minimum absolute atomic E-state index is 0.641. The van der Waals surface area contributed by atoms with Crippen molar-refractivity contribution in [1.82, 2.24) is 0 Å². The normalized spacial score (nSPS) is 11.0. The molecular weight excluding hydrogens is 370 g/mol. The smallest absolute Gasteiger partial charge is 0.162 e. The van der Waals surface area contributed by atoms with Gasteiger partial charge in [0.25, 0.3) is 0 Å². The lowest BCUT2D eigenvalue weighted by molar-refractivity contribution is 0.355. The summed E-state index contributed by atoms with van der Waals surface area (Å²) in [7, 11) is 3.20. The van der Waals surface area contributed by atoms with Gasteiger partial charge >= 0.3 is 0 Å². The van der Waals surface area contributed by atoms with Crippen molar-refractivity contribution in [2.75, 3.05) is 14.2 Å². The summed E-state index contributed by atoms with van der Waals surface area (Å²) in [4.78, 5) is 4.42. The van der Waals surface area contributed by atoms with E-state index in [1.807, 2.05) is 54.6 Å². The molecule has 4 nitrogen and oxygen atoms in total. The van der Waals surface area contributed by atoms with E-state index in [-0.39, 0.29) is 0 Å². The Balaban J connectivity index is 1.79. The Labute approximate surface area is 148 Å². The second-order valence-electron chi connectivity index (χ2n) is 5.01. The van der Waals surface area contributed by atoms with Gasteiger partial charge in [0.05, 0.1) is 26.1 Å². The third-order valence-electron chi connectivity index (χ3n) is 3.46. The average molecular weight is 386 g/mol. The summed E-state index contributed by atoms with van der Waals surface area (Å²) in [6.45, 7) is 0. The molecule has 0 aliphatic carbocycles. The van der Waals surface area contributed by atoms with Crippen molar-refractivity contribution in [1.29, 1.82) is 0 Å². The topological polar surface area (TPSA) is 44.0 Å². The molecule has 1 heterocycles. The van der Waals surface area contributed by atoms with Crippen LogP contribution >= 0.6 is 15.9 Å². The quantitative estimate of drug-likeness (QED) is 0.546. The fraction of sp³-hybridized carbons (Fsp3) is 0.105. The van der Waals surface area contributed by atoms with Crippen LogP contribution in [0.3, 0.4) is 0 Å². The van der Waals surface area contributed by atoms with Crippen molar-refractivity contribution in [3.63, 3.8) is 0 Å². The van der Waals surface area contributed by atoms with Gasteiger partial charge in [-0.2, -0.15) is 0 Å². The molecule has 0 atom stereocenters. The van der Waals surface area contributed by atoms with Crippen molar-refractivity contribution in [2.45, 2.75) is 0 Å². The minimum Gasteiger partial charge on any atom is -0.493 e. The highest BCUT2D eigenvalue weighted by Crippen LogP contribution is 2.31. The minimum atomic E-state index is 0.641. The lowest BCUT2D eigenvalue weighted by Crippen LogP contribution is -1.89. The maximum Gasteiger partial charge on any atom is 0.162 e. The van der Waals surface area contributed by atoms with Gasteiger partial charge < -0.3 is 13.9 Å². The lowest BCUT2D eigenvalue weighted by Gasteiger charge is -2.07. The summed E-state index contributed by atoms with van der Waals surface area (Å²) in [6.07, 6.45) is 1.68. The first kappa shape index (κ1) is 16.3. The maximum absolute atomic E-state index is 5.81. The van der Waals surface area contributed by atoms with Crippen molar-refractivity contribution >= 4 is 27.8 Å². The number of benzene rings is 2. The summed E-state index contributed by atoms with van der Waals surface area (Å²) in [5.74, 6) is 2.80. The van der Waals surface area contributed by atoms with Crippen LogP contribution in [-0.2, 0) is 0 Å². The fourth-order valence-corrected chi connectivity index (χ4v) is 2.50. The van der Waals surface area contributed by atoms with E-state index in [9.17, 15) is 0 Å². The lowest BCUT2D eigenvalue weighted by atomic mass is 10.2. The van der Waals surface area contributed by atoms with Crippen molar-refractivity contribution < 1.29 is 13.9 Å². The van der Waals surface area contributed by atoms with Gasteiger partial charge in [0.2, 0.25) is 0 Å². The SMILES string of the molecule is COc1ccc(N=Cc2ccc(-c3ccc(Br)cc3)o2)cc1OC. The monoisotopic (exact) mass is 385 g/mol. The molecule has 1 aromatic heterocycles. The summed E-state index contributed by atoms with van der Waals surface area (Å²) in [5, 5.41) is 0. The van der Waals surface area contributed by atoms with Gasteiger partial charge in [0, 0.05) is 16.1 Å². The van der Waals surface area contributed by atoms with Crippen LogP contribution in [0.2, 0.25) is 0 Å². The highest BCUT2D eigenvalue weighted by molar-refractivity contribution is 9.10. The van der Waals surface area contributed by atoms with E-state index in [0.29, 0.717) is 17.3 Å². The van der Waals surface area contributed by atoms with E-state index in [1.165, 1.54) is 0 Å². The van der Waals surface area contributed by atoms with E-state index in [1.54, 1.807) is 20.4 Å². The van der Waals surface area contributed by atoms with Crippen molar-refractivity contribution in [2.24, 2.45) is 4.99 Å². The summed E-state index contributed by atoms with van der Waals surface area (Å²) >= 11 is 3.42. The van der Waals surface area contributed by atoms with Gasteiger partial charge in [0.1, 0.15) is 11.5 Å². The van der Waals surface area contributed by atoms with Crippen LogP contribution in [0, 0.1) is 0 Å². The molecule has 0 N–H and O–H groups in total. The first-order valence-electron chi connectivity index (χ1n) is 7.31. The molecule has 0 aliphatic rings. The van der Waals surface area contributed by atoms with Gasteiger partial charge in [-0.3, -0.25) is 4.99 Å². The van der Waals surface area contributed by atoms with Crippen LogP contribution in [-0.4, -0.2) is 20.4 Å². The van der Waals surface area contributed by atoms with Crippen LogP contribution in [0.15, 0.2) is 68.5 Å². The van der Waals surface area contributed by atoms with Crippen molar-refractivity contribution in [3.8, 4) is 22.8 Å². The number of hydrogen-bond donors (Lipinski definition) is 0. The molecule has 0 radical (unpaired) electrons. The predicted octanol–water partition coefficient (Wildman–Crippen LogP) is 5.48. The van der Waals surface area contributed by atoms with Crippen molar-refractivity contribution in [3.05, 3.63) is 64.8 Å². The van der Waals surface area contributed by atoms with Crippen LogP contribution in [0.1, 0.15) is 5.76 Å². The molecule has 3 rings (SSSR count). The number of ether oxygens (including phenoxy) is 2. The summed E-state index contributed by atoms with van der Waals surface area (Å²) in [5.41, 5.74) is 1.78. The molecule has 0 bridgehead atoms. The third-order valence-corrected chi connectivity index (χ3v) is 3.99. The van der Waals surface area contributed by atoms with E-state index >= 15 is 0 Å². The Morgan fingerprint density at radius 1 is 0.917 bits per heavy atom. The number of hydrogen-bond acceptors (Lipinski definition) is 4. The van der Waals surface area contributed by atoms with Gasteiger partial charge in [-0.15, -0.1) is 0 Å². The van der Waals surface area contributed by atoms with E-state index in [2.05, 4.69) is 20.9 Å². The standard InChI is InChI=1S/C19H16BrNO3/c1-22-18-9-7-15(11-19(18)23-2)21-12-16-8-10-17(24-16)13-3-5-14(20)6-4-13/h3-12H,1-2H3. The van der Waals surface area contributed by atoms with Gasteiger partial charge in [-0.25, -0.2) is 0 Å². The molecule has 0 saturated heterocycles. The van der Waals surface area contributed by atoms with Crippen LogP contribution in [0.5, 0.6) is 11.5 Å². The van der Waals surface area contributed by atoms with E-state index in [0.717, 1.165) is 21.5 Å². The number of methoxy groups -OCH3 is 2. The Morgan fingerprint density at radius 3 is 2.38 bits per heavy atom. The average Bonchev–Trinajstić information content (AvgIpc) is 3.09. The highest BCUT2D eigenvalue weighted by atomic mass is 79.9. The number of aliphatic imine (C=N–C) groups is 1. The predicted molar refractivity (Wildman–Crippen MR) is 98.6 cm³/mol. The first-order chi connectivity index (χ1) is 11.7. The highest BCUT2D eigenvalue weighted by Gasteiger charge is 2.05. The van der Waals surface area contributed by atoms with Gasteiger partial charge in [0.15, 0.2) is 11.5 Å². The second-order valence-corrected chi connectivity index (χ2v) is 5.92. The summed E-state index contributed by atoms with van der Waals surface area (Å²) in [6, 6.07) is 17.3. The molecular formula is C19H16BrNO3. The zero-order chi connectivity index (χ0) is 16.9. The van der Waals surface area contributed by atoms with Gasteiger partial charge in [-0.1, -0.05) is 28.1 Å². The number of halogens is 1. The molecule has 0 spiro atoms. The molecule has 3 aromatic rings. The number of rotatable bonds is 5. The Kier molecular flexibility index (Phi) is 5.01. The number of nitrogens with zero attached hydrogens (tertiary/aromatic N) is 1. The molecule has 0 fully saturated rings. The zero-order valence-corrected chi connectivity index (χ0v) is 14.9. The zero-order valence-electron chi connectivity index (χ0n) is 13.3. The van der Waals surface area contributed by atoms with Crippen LogP contribution < -0.4 is 9.47 Å². The molecule has 0 aliphatic heterocycles. The molecule has 2 aromatic carbocycles. The van der Waals surface area contributed by atoms with E-state index < -0.39 is 0 Å². The molecule has 5 heteroatoms. The fourth-order valence-electron chi connectivity index (χ4n) is 2.23. The molecule has 0 amide bonds. The second kappa shape index (κ2) is 7.36. The summed E-state index contributed by atoms with van der Waals surface area (Å²) < 4.78 is 17.3. The third kappa shape index (κ3) is 3.68. The Bertz CT molecular complexity index is 853. The molecule has 0 unspecified atom stereocenters. The van der Waals surface area contributed by atoms with Gasteiger partial charge in [-0.05, 0) is 36.4 Å². The number of furan rings is 1. The maximum atomic E-state index is 5.81. The van der Waals surface area contributed by atoms with Crippen LogP contribution in [0.25, 0.3) is 11.3 Å². The largest absolute Gasteiger partial charge is 0.493 e. The molecule has 122 valence electrons. The first-order valence-corrected chi connectivity index (χ1v) is 8.11. The molecule has 0 saturated carbocycles. The Hall–Kier alpha value is -2.53. The Morgan fingerprint density at radius 2 is 1.67 bits per heavy atom. The molecule has 24 heavy (non-hydrogen) atoms.